The zero-order valence-electron chi connectivity index (χ0n) is 9.32. The molecule has 0 radical (unpaired) electrons. The second-order valence-corrected chi connectivity index (χ2v) is 4.35. The van der Waals surface area contributed by atoms with Gasteiger partial charge in [-0.15, -0.1) is 11.8 Å². The molecule has 2 nitrogen and oxygen atoms in total. The van der Waals surface area contributed by atoms with Crippen LogP contribution in [-0.4, -0.2) is 18.3 Å². The van der Waals surface area contributed by atoms with Gasteiger partial charge in [0.15, 0.2) is 0 Å². The van der Waals surface area contributed by atoms with Crippen LogP contribution in [0.25, 0.3) is 0 Å². The lowest BCUT2D eigenvalue weighted by Gasteiger charge is -2.11. The average Bonchev–Trinajstić information content (AvgIpc) is 2.17. The van der Waals surface area contributed by atoms with Crippen LogP contribution in [0.1, 0.15) is 19.4 Å². The minimum atomic E-state index is -0.219. The predicted molar refractivity (Wildman–Crippen MR) is 63.2 cm³/mol. The maximum atomic E-state index is 10.7. The summed E-state index contributed by atoms with van der Waals surface area (Å²) in [6.07, 6.45) is 2.77. The molecule has 15 heavy (non-hydrogen) atoms. The first kappa shape index (κ1) is 12.1. The minimum Gasteiger partial charge on any atom is -0.463 e. The molecule has 82 valence electrons. The van der Waals surface area contributed by atoms with Crippen molar-refractivity contribution in [3.63, 3.8) is 0 Å². The van der Waals surface area contributed by atoms with Crippen LogP contribution in [0.15, 0.2) is 29.2 Å². The molecular weight excluding hydrogens is 208 g/mol. The lowest BCUT2D eigenvalue weighted by Crippen LogP contribution is -2.14. The predicted octanol–water partition coefficient (Wildman–Crippen LogP) is 2.90. The Bertz CT molecular complexity index is 319. The van der Waals surface area contributed by atoms with Gasteiger partial charge in [-0.2, -0.15) is 0 Å². The first-order valence-corrected chi connectivity index (χ1v) is 6.14. The molecule has 0 bridgehead atoms. The lowest BCUT2D eigenvalue weighted by molar-refractivity contribution is -0.145. The van der Waals surface area contributed by atoms with Crippen molar-refractivity contribution >= 4 is 17.7 Å². The van der Waals surface area contributed by atoms with E-state index < -0.39 is 0 Å². The highest BCUT2D eigenvalue weighted by Crippen LogP contribution is 2.16. The highest BCUT2D eigenvalue weighted by atomic mass is 32.2. The van der Waals surface area contributed by atoms with Crippen molar-refractivity contribution in [3.8, 4) is 0 Å². The summed E-state index contributed by atoms with van der Waals surface area (Å²) in [5.74, 6) is -0.219. The normalized spacial score (nSPS) is 12.2. The Morgan fingerprint density at radius 2 is 2.00 bits per heavy atom. The van der Waals surface area contributed by atoms with Crippen molar-refractivity contribution in [2.75, 3.05) is 6.26 Å². The summed E-state index contributed by atoms with van der Waals surface area (Å²) in [5.41, 5.74) is 1.20. The topological polar surface area (TPSA) is 26.3 Å². The Morgan fingerprint density at radius 3 is 2.47 bits per heavy atom. The highest BCUT2D eigenvalue weighted by Gasteiger charge is 2.06. The van der Waals surface area contributed by atoms with Gasteiger partial charge in [-0.05, 0) is 30.9 Å². The van der Waals surface area contributed by atoms with Crippen LogP contribution in [0.5, 0.6) is 0 Å². The second-order valence-electron chi connectivity index (χ2n) is 3.47. The molecule has 1 aromatic rings. The Hall–Kier alpha value is -0.960. The largest absolute Gasteiger partial charge is 0.463 e. The second kappa shape index (κ2) is 5.81. The summed E-state index contributed by atoms with van der Waals surface area (Å²) in [6, 6.07) is 8.32. The van der Waals surface area contributed by atoms with E-state index in [1.165, 1.54) is 17.4 Å². The van der Waals surface area contributed by atoms with Crippen LogP contribution < -0.4 is 0 Å². The van der Waals surface area contributed by atoms with E-state index in [4.69, 9.17) is 4.74 Å². The van der Waals surface area contributed by atoms with Gasteiger partial charge in [-0.3, -0.25) is 4.79 Å². The van der Waals surface area contributed by atoms with Crippen LogP contribution in [0.4, 0.5) is 0 Å². The molecule has 0 aliphatic carbocycles. The fourth-order valence-electron chi connectivity index (χ4n) is 1.42. The third-order valence-electron chi connectivity index (χ3n) is 2.05. The van der Waals surface area contributed by atoms with Crippen LogP contribution in [0, 0.1) is 0 Å². The summed E-state index contributed by atoms with van der Waals surface area (Å²) in [5, 5.41) is 0. The molecule has 0 saturated carbocycles. The van der Waals surface area contributed by atoms with Crippen molar-refractivity contribution in [1.82, 2.24) is 0 Å². The monoisotopic (exact) mass is 224 g/mol. The van der Waals surface area contributed by atoms with E-state index in [-0.39, 0.29) is 12.1 Å². The van der Waals surface area contributed by atoms with E-state index in [0.29, 0.717) is 0 Å². The van der Waals surface area contributed by atoms with Crippen LogP contribution in [0.2, 0.25) is 0 Å². The molecule has 0 aromatic heterocycles. The Balaban J connectivity index is 2.53. The van der Waals surface area contributed by atoms with E-state index in [1.807, 2.05) is 6.92 Å². The maximum Gasteiger partial charge on any atom is 0.302 e. The zero-order chi connectivity index (χ0) is 11.3. The van der Waals surface area contributed by atoms with Gasteiger partial charge in [-0.1, -0.05) is 12.1 Å². The number of ether oxygens (including phenoxy) is 1. The zero-order valence-corrected chi connectivity index (χ0v) is 10.1. The number of carbonyl (C=O) groups excluding carboxylic acids is 1. The van der Waals surface area contributed by atoms with Gasteiger partial charge < -0.3 is 4.74 Å². The number of hydrogen-bond donors (Lipinski definition) is 0. The molecular formula is C12H16O2S. The molecule has 0 amide bonds. The number of hydrogen-bond acceptors (Lipinski definition) is 3. The summed E-state index contributed by atoms with van der Waals surface area (Å²) >= 11 is 1.72. The fourth-order valence-corrected chi connectivity index (χ4v) is 1.83. The maximum absolute atomic E-state index is 10.7. The molecule has 0 N–H and O–H groups in total. The quantitative estimate of drug-likeness (QED) is 0.581. The van der Waals surface area contributed by atoms with Crippen molar-refractivity contribution in [3.05, 3.63) is 29.8 Å². The van der Waals surface area contributed by atoms with Crippen molar-refractivity contribution in [2.24, 2.45) is 0 Å². The SMILES string of the molecule is CSc1ccc(CC(C)OC(C)=O)cc1. The van der Waals surface area contributed by atoms with Crippen LogP contribution in [0.3, 0.4) is 0 Å². The van der Waals surface area contributed by atoms with Gasteiger partial charge in [0, 0.05) is 18.2 Å². The van der Waals surface area contributed by atoms with Gasteiger partial charge >= 0.3 is 5.97 Å². The Kier molecular flexibility index (Phi) is 4.69. The molecule has 0 aliphatic rings. The molecule has 3 heteroatoms. The summed E-state index contributed by atoms with van der Waals surface area (Å²) in [7, 11) is 0. The fraction of sp³-hybridized carbons (Fsp3) is 0.417. The van der Waals surface area contributed by atoms with E-state index in [9.17, 15) is 4.79 Å². The Labute approximate surface area is 95.0 Å². The number of esters is 1. The number of thioether (sulfide) groups is 1. The van der Waals surface area contributed by atoms with E-state index in [0.717, 1.165) is 6.42 Å². The highest BCUT2D eigenvalue weighted by molar-refractivity contribution is 7.98. The molecule has 0 fully saturated rings. The molecule has 0 spiro atoms. The van der Waals surface area contributed by atoms with Gasteiger partial charge in [0.25, 0.3) is 0 Å². The molecule has 0 heterocycles. The standard InChI is InChI=1S/C12H16O2S/c1-9(14-10(2)13)8-11-4-6-12(15-3)7-5-11/h4-7,9H,8H2,1-3H3. The molecule has 0 aliphatic heterocycles. The van der Waals surface area contributed by atoms with Crippen molar-refractivity contribution < 1.29 is 9.53 Å². The van der Waals surface area contributed by atoms with Gasteiger partial charge in [-0.25, -0.2) is 0 Å². The average molecular weight is 224 g/mol. The third kappa shape index (κ3) is 4.38. The Morgan fingerprint density at radius 1 is 1.40 bits per heavy atom. The van der Waals surface area contributed by atoms with E-state index in [2.05, 4.69) is 30.5 Å². The van der Waals surface area contributed by atoms with Crippen LogP contribution in [-0.2, 0) is 16.0 Å². The molecule has 1 atom stereocenters. The van der Waals surface area contributed by atoms with Gasteiger partial charge in [0.05, 0.1) is 0 Å². The summed E-state index contributed by atoms with van der Waals surface area (Å²) < 4.78 is 5.07. The van der Waals surface area contributed by atoms with Gasteiger partial charge in [0.2, 0.25) is 0 Å². The van der Waals surface area contributed by atoms with Gasteiger partial charge in [0.1, 0.15) is 6.10 Å². The van der Waals surface area contributed by atoms with E-state index >= 15 is 0 Å². The lowest BCUT2D eigenvalue weighted by atomic mass is 10.1. The molecule has 1 rings (SSSR count). The first-order valence-electron chi connectivity index (χ1n) is 4.92. The van der Waals surface area contributed by atoms with Crippen molar-refractivity contribution in [1.29, 1.82) is 0 Å². The van der Waals surface area contributed by atoms with E-state index in [1.54, 1.807) is 11.8 Å². The summed E-state index contributed by atoms with van der Waals surface area (Å²) in [6.45, 7) is 3.34. The van der Waals surface area contributed by atoms with Crippen LogP contribution >= 0.6 is 11.8 Å². The minimum absolute atomic E-state index is 0.0531. The first-order chi connectivity index (χ1) is 7.11. The number of rotatable bonds is 4. The smallest absolute Gasteiger partial charge is 0.302 e. The molecule has 1 unspecified atom stereocenters. The third-order valence-corrected chi connectivity index (χ3v) is 2.79. The van der Waals surface area contributed by atoms with Crippen molar-refractivity contribution in [2.45, 2.75) is 31.3 Å². The molecule has 0 saturated heterocycles. The number of carbonyl (C=O) groups is 1. The molecule has 1 aromatic carbocycles. The number of benzene rings is 1. The summed E-state index contributed by atoms with van der Waals surface area (Å²) in [4.78, 5) is 12.0.